The van der Waals surface area contributed by atoms with Gasteiger partial charge in [0.15, 0.2) is 0 Å². The van der Waals surface area contributed by atoms with Crippen LogP contribution in [0.25, 0.3) is 10.9 Å². The van der Waals surface area contributed by atoms with Gasteiger partial charge in [-0.15, -0.1) is 0 Å². The molecule has 0 unspecified atom stereocenters. The van der Waals surface area contributed by atoms with Gasteiger partial charge in [0, 0.05) is 36.4 Å². The Morgan fingerprint density at radius 3 is 2.78 bits per heavy atom. The monoisotopic (exact) mass is 428 g/mol. The summed E-state index contributed by atoms with van der Waals surface area (Å²) in [6, 6.07) is 10.1. The molecule has 0 aliphatic heterocycles. The van der Waals surface area contributed by atoms with Crippen molar-refractivity contribution in [2.75, 3.05) is 23.7 Å². The quantitative estimate of drug-likeness (QED) is 0.500. The number of hydrogen-bond acceptors (Lipinski definition) is 6. The lowest BCUT2D eigenvalue weighted by Crippen LogP contribution is -2.26. The number of aromatic nitrogens is 3. The molecule has 0 bridgehead atoms. The van der Waals surface area contributed by atoms with Gasteiger partial charge in [-0.05, 0) is 30.7 Å². The second-order valence-corrected chi connectivity index (χ2v) is 7.02. The van der Waals surface area contributed by atoms with Crippen LogP contribution in [0, 0.1) is 6.92 Å². The predicted molar refractivity (Wildman–Crippen MR) is 111 cm³/mol. The van der Waals surface area contributed by atoms with Crippen molar-refractivity contribution < 1.29 is 4.79 Å². The van der Waals surface area contributed by atoms with Crippen LogP contribution in [-0.2, 0) is 11.3 Å². The third kappa shape index (κ3) is 5.37. The highest BCUT2D eigenvalue weighted by atomic mass is 79.9. The highest BCUT2D eigenvalue weighted by Crippen LogP contribution is 2.23. The summed E-state index contributed by atoms with van der Waals surface area (Å²) in [6.45, 7) is 5.14. The third-order valence-corrected chi connectivity index (χ3v) is 4.34. The van der Waals surface area contributed by atoms with E-state index in [9.17, 15) is 4.79 Å². The first-order valence-corrected chi connectivity index (χ1v) is 9.41. The Bertz CT molecular complexity index is 962. The van der Waals surface area contributed by atoms with Gasteiger partial charge in [-0.2, -0.15) is 0 Å². The van der Waals surface area contributed by atoms with E-state index in [1.807, 2.05) is 25.1 Å². The molecular formula is C19H21BrN6O. The van der Waals surface area contributed by atoms with Crippen molar-refractivity contribution in [3.05, 3.63) is 52.4 Å². The molecule has 0 atom stereocenters. The Balaban J connectivity index is 1.78. The average Bonchev–Trinajstić information content (AvgIpc) is 2.63. The van der Waals surface area contributed by atoms with Crippen LogP contribution in [0.4, 0.5) is 11.6 Å². The standard InChI is InChI=1S/C19H21BrN6O/c1-12-25-17-11-23-18(22-7-6-21-13(2)27)9-16(17)19(26-12)24-10-14-4-3-5-15(20)8-14/h3-5,8-9,11H,6-7,10H2,1-2H3,(H,21,27)(H,22,23)(H,24,25,26). The van der Waals surface area contributed by atoms with Gasteiger partial charge in [-0.3, -0.25) is 4.79 Å². The van der Waals surface area contributed by atoms with Crippen LogP contribution >= 0.6 is 15.9 Å². The molecule has 27 heavy (non-hydrogen) atoms. The maximum atomic E-state index is 10.9. The molecule has 1 aromatic carbocycles. The van der Waals surface area contributed by atoms with Crippen LogP contribution in [0.2, 0.25) is 0 Å². The number of pyridine rings is 1. The van der Waals surface area contributed by atoms with Crippen molar-refractivity contribution in [1.82, 2.24) is 20.3 Å². The van der Waals surface area contributed by atoms with E-state index in [2.05, 4.69) is 59.0 Å². The molecule has 3 N–H and O–H groups in total. The van der Waals surface area contributed by atoms with E-state index in [1.54, 1.807) is 6.20 Å². The van der Waals surface area contributed by atoms with Crippen LogP contribution in [0.1, 0.15) is 18.3 Å². The van der Waals surface area contributed by atoms with Crippen LogP contribution in [-0.4, -0.2) is 33.9 Å². The maximum absolute atomic E-state index is 10.9. The maximum Gasteiger partial charge on any atom is 0.216 e. The normalized spacial score (nSPS) is 10.6. The van der Waals surface area contributed by atoms with Crippen LogP contribution in [0.3, 0.4) is 0 Å². The van der Waals surface area contributed by atoms with Gasteiger partial charge in [-0.25, -0.2) is 15.0 Å². The van der Waals surface area contributed by atoms with E-state index >= 15 is 0 Å². The van der Waals surface area contributed by atoms with Crippen molar-refractivity contribution in [2.24, 2.45) is 0 Å². The highest BCUT2D eigenvalue weighted by Gasteiger charge is 2.08. The van der Waals surface area contributed by atoms with Gasteiger partial charge in [0.2, 0.25) is 5.91 Å². The molecular weight excluding hydrogens is 408 g/mol. The van der Waals surface area contributed by atoms with Crippen molar-refractivity contribution in [3.63, 3.8) is 0 Å². The predicted octanol–water partition coefficient (Wildman–Crippen LogP) is 3.26. The second-order valence-electron chi connectivity index (χ2n) is 6.10. The summed E-state index contributed by atoms with van der Waals surface area (Å²) in [7, 11) is 0. The minimum Gasteiger partial charge on any atom is -0.368 e. The largest absolute Gasteiger partial charge is 0.368 e. The van der Waals surface area contributed by atoms with E-state index in [0.29, 0.717) is 31.3 Å². The molecule has 2 heterocycles. The molecule has 3 aromatic rings. The number of hydrogen-bond donors (Lipinski definition) is 3. The minimum atomic E-state index is -0.0498. The van der Waals surface area contributed by atoms with E-state index in [1.165, 1.54) is 6.92 Å². The highest BCUT2D eigenvalue weighted by molar-refractivity contribution is 9.10. The first kappa shape index (κ1) is 19.0. The van der Waals surface area contributed by atoms with E-state index in [4.69, 9.17) is 0 Å². The molecule has 0 radical (unpaired) electrons. The molecule has 3 rings (SSSR count). The lowest BCUT2D eigenvalue weighted by atomic mass is 10.2. The zero-order valence-electron chi connectivity index (χ0n) is 15.2. The molecule has 0 saturated carbocycles. The number of benzene rings is 1. The average molecular weight is 429 g/mol. The number of carbonyl (C=O) groups excluding carboxylic acids is 1. The fourth-order valence-corrected chi connectivity index (χ4v) is 3.09. The van der Waals surface area contributed by atoms with Crippen molar-refractivity contribution in [1.29, 1.82) is 0 Å². The number of amides is 1. The number of aryl methyl sites for hydroxylation is 1. The minimum absolute atomic E-state index is 0.0498. The number of carbonyl (C=O) groups is 1. The first-order valence-electron chi connectivity index (χ1n) is 8.62. The first-order chi connectivity index (χ1) is 13.0. The molecule has 0 fully saturated rings. The molecule has 2 aromatic heterocycles. The Morgan fingerprint density at radius 2 is 2.00 bits per heavy atom. The Labute approximate surface area is 166 Å². The van der Waals surface area contributed by atoms with Gasteiger partial charge in [0.05, 0.1) is 11.7 Å². The molecule has 8 heteroatoms. The van der Waals surface area contributed by atoms with Crippen molar-refractivity contribution in [3.8, 4) is 0 Å². The summed E-state index contributed by atoms with van der Waals surface area (Å²) in [5.74, 6) is 2.12. The second kappa shape index (κ2) is 8.77. The van der Waals surface area contributed by atoms with E-state index in [-0.39, 0.29) is 5.91 Å². The number of anilines is 2. The van der Waals surface area contributed by atoms with E-state index < -0.39 is 0 Å². The van der Waals surface area contributed by atoms with Gasteiger partial charge in [0.1, 0.15) is 17.5 Å². The van der Waals surface area contributed by atoms with E-state index in [0.717, 1.165) is 26.8 Å². The summed E-state index contributed by atoms with van der Waals surface area (Å²) in [5.41, 5.74) is 1.93. The van der Waals surface area contributed by atoms with Gasteiger partial charge >= 0.3 is 0 Å². The Morgan fingerprint density at radius 1 is 1.15 bits per heavy atom. The number of halogens is 1. The van der Waals surface area contributed by atoms with Crippen molar-refractivity contribution in [2.45, 2.75) is 20.4 Å². The molecule has 0 aliphatic rings. The van der Waals surface area contributed by atoms with Crippen LogP contribution < -0.4 is 16.0 Å². The summed E-state index contributed by atoms with van der Waals surface area (Å²) < 4.78 is 1.04. The number of nitrogens with one attached hydrogen (secondary N) is 3. The zero-order valence-corrected chi connectivity index (χ0v) is 16.8. The topological polar surface area (TPSA) is 91.8 Å². The summed E-state index contributed by atoms with van der Waals surface area (Å²) >= 11 is 3.49. The van der Waals surface area contributed by atoms with Crippen molar-refractivity contribution >= 4 is 44.4 Å². The van der Waals surface area contributed by atoms with Gasteiger partial charge in [-0.1, -0.05) is 28.1 Å². The molecule has 0 saturated heterocycles. The zero-order chi connectivity index (χ0) is 19.2. The lowest BCUT2D eigenvalue weighted by molar-refractivity contribution is -0.118. The SMILES string of the molecule is CC(=O)NCCNc1cc2c(NCc3cccc(Br)c3)nc(C)nc2cn1. The Kier molecular flexibility index (Phi) is 6.18. The fraction of sp³-hybridized carbons (Fsp3) is 0.263. The molecule has 0 spiro atoms. The fourth-order valence-electron chi connectivity index (χ4n) is 2.64. The summed E-state index contributed by atoms with van der Waals surface area (Å²) in [6.07, 6.45) is 1.73. The Hall–Kier alpha value is -2.74. The van der Waals surface area contributed by atoms with Crippen LogP contribution in [0.15, 0.2) is 41.0 Å². The van der Waals surface area contributed by atoms with Gasteiger partial charge in [0.25, 0.3) is 0 Å². The molecule has 1 amide bonds. The van der Waals surface area contributed by atoms with Gasteiger partial charge < -0.3 is 16.0 Å². The molecule has 7 nitrogen and oxygen atoms in total. The number of rotatable bonds is 7. The van der Waals surface area contributed by atoms with Crippen LogP contribution in [0.5, 0.6) is 0 Å². The smallest absolute Gasteiger partial charge is 0.216 e. The lowest BCUT2D eigenvalue weighted by Gasteiger charge is -2.12. The third-order valence-electron chi connectivity index (χ3n) is 3.85. The molecule has 0 aliphatic carbocycles. The number of nitrogens with zero attached hydrogens (tertiary/aromatic N) is 3. The summed E-state index contributed by atoms with van der Waals surface area (Å²) in [5, 5.41) is 10.2. The number of fused-ring (bicyclic) bond motifs is 1. The summed E-state index contributed by atoms with van der Waals surface area (Å²) in [4.78, 5) is 24.3. The molecule has 140 valence electrons.